The predicted octanol–water partition coefficient (Wildman–Crippen LogP) is 2.53. The van der Waals surface area contributed by atoms with Crippen LogP contribution in [0.1, 0.15) is 43.0 Å². The van der Waals surface area contributed by atoms with Crippen molar-refractivity contribution in [2.75, 3.05) is 20.2 Å². The summed E-state index contributed by atoms with van der Waals surface area (Å²) in [7, 11) is 1.34. The Labute approximate surface area is 141 Å². The van der Waals surface area contributed by atoms with Crippen molar-refractivity contribution in [3.63, 3.8) is 0 Å². The van der Waals surface area contributed by atoms with Gasteiger partial charge in [-0.25, -0.2) is 4.98 Å². The quantitative estimate of drug-likeness (QED) is 0.875. The number of piperidine rings is 1. The summed E-state index contributed by atoms with van der Waals surface area (Å²) in [4.78, 5) is 33.2. The molecule has 0 atom stereocenters. The van der Waals surface area contributed by atoms with E-state index in [0.29, 0.717) is 19.0 Å². The van der Waals surface area contributed by atoms with Crippen LogP contribution in [0.3, 0.4) is 0 Å². The molecular formula is C18H23N3O3. The number of likely N-dealkylation sites (tertiary alicyclic amines) is 1. The van der Waals surface area contributed by atoms with Gasteiger partial charge in [0.1, 0.15) is 5.82 Å². The zero-order valence-corrected chi connectivity index (χ0v) is 14.2. The summed E-state index contributed by atoms with van der Waals surface area (Å²) in [6, 6.07) is 6.21. The number of imidazole rings is 1. The molecule has 1 aliphatic heterocycles. The van der Waals surface area contributed by atoms with Crippen LogP contribution < -0.4 is 0 Å². The van der Waals surface area contributed by atoms with Gasteiger partial charge in [0.25, 0.3) is 0 Å². The summed E-state index contributed by atoms with van der Waals surface area (Å²) in [5.41, 5.74) is 3.28. The van der Waals surface area contributed by atoms with Crippen LogP contribution in [0.25, 0.3) is 11.0 Å². The van der Waals surface area contributed by atoms with Crippen molar-refractivity contribution in [3.8, 4) is 0 Å². The van der Waals surface area contributed by atoms with Crippen molar-refractivity contribution in [1.82, 2.24) is 14.9 Å². The van der Waals surface area contributed by atoms with Crippen molar-refractivity contribution in [2.45, 2.75) is 38.5 Å². The van der Waals surface area contributed by atoms with Gasteiger partial charge in [-0.05, 0) is 37.5 Å². The van der Waals surface area contributed by atoms with Gasteiger partial charge in [0.2, 0.25) is 5.91 Å². The molecule has 1 aromatic carbocycles. The Morgan fingerprint density at radius 2 is 2.04 bits per heavy atom. The standard InChI is InChI=1S/C18H23N3O3/c1-12-3-4-14-15(11-12)20-18(19-14)13-7-9-21(10-8-13)16(22)5-6-17(23)24-2/h3-4,11,13H,5-10H2,1-2H3,(H,19,20). The van der Waals surface area contributed by atoms with E-state index in [0.717, 1.165) is 29.7 Å². The number of aromatic nitrogens is 2. The van der Waals surface area contributed by atoms with Crippen LogP contribution in [0, 0.1) is 6.92 Å². The van der Waals surface area contributed by atoms with E-state index in [9.17, 15) is 9.59 Å². The molecule has 1 N–H and O–H groups in total. The molecule has 1 saturated heterocycles. The Kier molecular flexibility index (Phi) is 4.83. The molecule has 2 heterocycles. The van der Waals surface area contributed by atoms with E-state index < -0.39 is 0 Å². The molecule has 0 bridgehead atoms. The number of esters is 1. The van der Waals surface area contributed by atoms with Gasteiger partial charge in [0.05, 0.1) is 24.6 Å². The Balaban J connectivity index is 1.57. The minimum absolute atomic E-state index is 0.0269. The topological polar surface area (TPSA) is 75.3 Å². The van der Waals surface area contributed by atoms with E-state index in [1.165, 1.54) is 12.7 Å². The van der Waals surface area contributed by atoms with Crippen molar-refractivity contribution < 1.29 is 14.3 Å². The zero-order valence-electron chi connectivity index (χ0n) is 14.2. The number of hydrogen-bond acceptors (Lipinski definition) is 4. The smallest absolute Gasteiger partial charge is 0.306 e. The van der Waals surface area contributed by atoms with Crippen LogP contribution in [0.5, 0.6) is 0 Å². The fourth-order valence-electron chi connectivity index (χ4n) is 3.21. The lowest BCUT2D eigenvalue weighted by molar-refractivity contribution is -0.143. The van der Waals surface area contributed by atoms with Crippen LogP contribution in [0.4, 0.5) is 0 Å². The number of carbonyl (C=O) groups is 2. The molecule has 2 aromatic rings. The Morgan fingerprint density at radius 3 is 2.75 bits per heavy atom. The first-order valence-electron chi connectivity index (χ1n) is 8.37. The number of nitrogens with one attached hydrogen (secondary N) is 1. The number of aryl methyl sites for hydroxylation is 1. The largest absolute Gasteiger partial charge is 0.469 e. The normalized spacial score (nSPS) is 15.7. The van der Waals surface area contributed by atoms with Gasteiger partial charge >= 0.3 is 5.97 Å². The first-order chi connectivity index (χ1) is 11.6. The lowest BCUT2D eigenvalue weighted by atomic mass is 9.96. The maximum absolute atomic E-state index is 12.1. The third-order valence-electron chi connectivity index (χ3n) is 4.66. The summed E-state index contributed by atoms with van der Waals surface area (Å²) >= 11 is 0. The van der Waals surface area contributed by atoms with E-state index >= 15 is 0 Å². The number of nitrogens with zero attached hydrogens (tertiary/aromatic N) is 2. The maximum atomic E-state index is 12.1. The van der Waals surface area contributed by atoms with Crippen molar-refractivity contribution in [3.05, 3.63) is 29.6 Å². The fraction of sp³-hybridized carbons (Fsp3) is 0.500. The SMILES string of the molecule is COC(=O)CCC(=O)N1CCC(c2nc3ccc(C)cc3[nH]2)CC1. The lowest BCUT2D eigenvalue weighted by Gasteiger charge is -2.31. The van der Waals surface area contributed by atoms with Gasteiger partial charge in [-0.2, -0.15) is 0 Å². The Bertz CT molecular complexity index is 745. The van der Waals surface area contributed by atoms with E-state index in [4.69, 9.17) is 4.98 Å². The van der Waals surface area contributed by atoms with Crippen LogP contribution >= 0.6 is 0 Å². The second-order valence-corrected chi connectivity index (χ2v) is 6.37. The molecule has 0 saturated carbocycles. The Hall–Kier alpha value is -2.37. The summed E-state index contributed by atoms with van der Waals surface area (Å²) in [5, 5.41) is 0. The van der Waals surface area contributed by atoms with E-state index in [-0.39, 0.29) is 24.7 Å². The molecule has 128 valence electrons. The van der Waals surface area contributed by atoms with Gasteiger partial charge in [-0.3, -0.25) is 9.59 Å². The summed E-state index contributed by atoms with van der Waals surface area (Å²) in [6.07, 6.45) is 2.16. The number of ether oxygens (including phenoxy) is 1. The number of aromatic amines is 1. The number of carbonyl (C=O) groups excluding carboxylic acids is 2. The first-order valence-corrected chi connectivity index (χ1v) is 8.37. The van der Waals surface area contributed by atoms with Crippen molar-refractivity contribution >= 4 is 22.9 Å². The maximum Gasteiger partial charge on any atom is 0.306 e. The second kappa shape index (κ2) is 7.03. The number of amides is 1. The highest BCUT2D eigenvalue weighted by Crippen LogP contribution is 2.28. The predicted molar refractivity (Wildman–Crippen MR) is 90.6 cm³/mol. The molecule has 3 rings (SSSR count). The molecular weight excluding hydrogens is 306 g/mol. The molecule has 0 unspecified atom stereocenters. The van der Waals surface area contributed by atoms with Crippen LogP contribution in [0.2, 0.25) is 0 Å². The van der Waals surface area contributed by atoms with Gasteiger partial charge in [0, 0.05) is 25.4 Å². The van der Waals surface area contributed by atoms with Crippen LogP contribution in [-0.4, -0.2) is 46.9 Å². The number of benzene rings is 1. The highest BCUT2D eigenvalue weighted by molar-refractivity contribution is 5.81. The average Bonchev–Trinajstić information content (AvgIpc) is 3.02. The van der Waals surface area contributed by atoms with Crippen molar-refractivity contribution in [2.24, 2.45) is 0 Å². The highest BCUT2D eigenvalue weighted by atomic mass is 16.5. The number of H-pyrrole nitrogens is 1. The molecule has 1 fully saturated rings. The van der Waals surface area contributed by atoms with Crippen molar-refractivity contribution in [1.29, 1.82) is 0 Å². The third-order valence-corrected chi connectivity index (χ3v) is 4.66. The van der Waals surface area contributed by atoms with Gasteiger partial charge in [-0.15, -0.1) is 0 Å². The summed E-state index contributed by atoms with van der Waals surface area (Å²) in [6.45, 7) is 3.49. The zero-order chi connectivity index (χ0) is 17.1. The van der Waals surface area contributed by atoms with Crippen LogP contribution in [-0.2, 0) is 14.3 Å². The lowest BCUT2D eigenvalue weighted by Crippen LogP contribution is -2.38. The number of rotatable bonds is 4. The minimum Gasteiger partial charge on any atom is -0.469 e. The summed E-state index contributed by atoms with van der Waals surface area (Å²) in [5.74, 6) is 1.05. The van der Waals surface area contributed by atoms with E-state index in [1.54, 1.807) is 0 Å². The molecule has 0 radical (unpaired) electrons. The Morgan fingerprint density at radius 1 is 1.29 bits per heavy atom. The van der Waals surface area contributed by atoms with Gasteiger partial charge in [0.15, 0.2) is 0 Å². The third kappa shape index (κ3) is 3.58. The number of hydrogen-bond donors (Lipinski definition) is 1. The monoisotopic (exact) mass is 329 g/mol. The average molecular weight is 329 g/mol. The van der Waals surface area contributed by atoms with E-state index in [2.05, 4.69) is 28.8 Å². The molecule has 1 aliphatic rings. The van der Waals surface area contributed by atoms with Crippen LogP contribution in [0.15, 0.2) is 18.2 Å². The molecule has 6 nitrogen and oxygen atoms in total. The number of methoxy groups -OCH3 is 1. The van der Waals surface area contributed by atoms with Gasteiger partial charge < -0.3 is 14.6 Å². The van der Waals surface area contributed by atoms with E-state index in [1.807, 2.05) is 11.0 Å². The fourth-order valence-corrected chi connectivity index (χ4v) is 3.21. The molecule has 24 heavy (non-hydrogen) atoms. The second-order valence-electron chi connectivity index (χ2n) is 6.37. The molecule has 1 amide bonds. The molecule has 0 aliphatic carbocycles. The molecule has 1 aromatic heterocycles. The molecule has 0 spiro atoms. The minimum atomic E-state index is -0.337. The number of fused-ring (bicyclic) bond motifs is 1. The first kappa shape index (κ1) is 16.5. The molecule has 6 heteroatoms. The highest BCUT2D eigenvalue weighted by Gasteiger charge is 2.25. The van der Waals surface area contributed by atoms with Gasteiger partial charge in [-0.1, -0.05) is 6.07 Å². The summed E-state index contributed by atoms with van der Waals surface area (Å²) < 4.78 is 4.58.